The van der Waals surface area contributed by atoms with Gasteiger partial charge in [0.2, 0.25) is 5.91 Å². The van der Waals surface area contributed by atoms with Gasteiger partial charge >= 0.3 is 11.7 Å². The highest BCUT2D eigenvalue weighted by Gasteiger charge is 2.10. The molecule has 26 heavy (non-hydrogen) atoms. The Labute approximate surface area is 150 Å². The van der Waals surface area contributed by atoms with Crippen LogP contribution in [0.25, 0.3) is 0 Å². The number of nitrogens with one attached hydrogen (secondary N) is 1. The lowest BCUT2D eigenvalue weighted by Gasteiger charge is -2.10. The minimum atomic E-state index is -0.530. The number of benzene rings is 1. The van der Waals surface area contributed by atoms with Crippen LogP contribution in [-0.4, -0.2) is 27.6 Å². The van der Waals surface area contributed by atoms with Gasteiger partial charge in [-0.15, -0.1) is 0 Å². The number of hydrogen-bond donors (Lipinski definition) is 1. The van der Waals surface area contributed by atoms with Gasteiger partial charge in [-0.05, 0) is 5.56 Å². The molecule has 1 heterocycles. The van der Waals surface area contributed by atoms with E-state index in [0.717, 1.165) is 10.1 Å². The van der Waals surface area contributed by atoms with Crippen LogP contribution in [0.1, 0.15) is 17.7 Å². The second-order valence-corrected chi connectivity index (χ2v) is 5.80. The van der Waals surface area contributed by atoms with Crippen molar-refractivity contribution in [3.63, 3.8) is 0 Å². The Morgan fingerprint density at radius 2 is 1.77 bits per heavy atom. The first-order valence-electron chi connectivity index (χ1n) is 8.10. The zero-order valence-corrected chi connectivity index (χ0v) is 14.7. The molecular weight excluding hydrogens is 338 g/mol. The monoisotopic (exact) mass is 359 g/mol. The molecule has 0 fully saturated rings. The number of carbonyl (C=O) groups is 2. The molecule has 0 unspecified atom stereocenters. The third kappa shape index (κ3) is 5.17. The zero-order chi connectivity index (χ0) is 19.1. The van der Waals surface area contributed by atoms with Crippen molar-refractivity contribution < 1.29 is 14.3 Å². The molecule has 0 atom stereocenters. The van der Waals surface area contributed by atoms with Crippen molar-refractivity contribution in [3.8, 4) is 0 Å². The van der Waals surface area contributed by atoms with Crippen LogP contribution in [0.4, 0.5) is 0 Å². The molecule has 0 aliphatic rings. The van der Waals surface area contributed by atoms with E-state index < -0.39 is 17.2 Å². The van der Waals surface area contributed by atoms with E-state index in [-0.39, 0.29) is 31.9 Å². The molecule has 0 saturated heterocycles. The predicted octanol–water partition coefficient (Wildman–Crippen LogP) is -0.124. The van der Waals surface area contributed by atoms with Crippen molar-refractivity contribution in [2.45, 2.75) is 19.4 Å². The Morgan fingerprint density at radius 3 is 2.46 bits per heavy atom. The van der Waals surface area contributed by atoms with Crippen LogP contribution in [0.2, 0.25) is 0 Å². The number of carbonyl (C=O) groups excluding carboxylic acids is 2. The van der Waals surface area contributed by atoms with Gasteiger partial charge in [-0.1, -0.05) is 30.3 Å². The Morgan fingerprint density at radius 1 is 1.08 bits per heavy atom. The number of esters is 1. The Balaban J connectivity index is 1.77. The first-order chi connectivity index (χ1) is 12.4. The normalized spacial score (nSPS) is 10.4. The smallest absolute Gasteiger partial charge is 0.330 e. The fourth-order valence-electron chi connectivity index (χ4n) is 2.29. The molecule has 0 aliphatic carbocycles. The number of hydrogen-bond acceptors (Lipinski definition) is 5. The summed E-state index contributed by atoms with van der Waals surface area (Å²) in [5, 5.41) is 2.65. The minimum absolute atomic E-state index is 0.000675. The molecule has 2 rings (SSSR count). The summed E-state index contributed by atoms with van der Waals surface area (Å²) in [6, 6.07) is 10.5. The molecule has 8 heteroatoms. The maximum absolute atomic E-state index is 11.8. The quantitative estimate of drug-likeness (QED) is 0.695. The predicted molar refractivity (Wildman–Crippen MR) is 94.5 cm³/mol. The molecule has 1 aromatic carbocycles. The number of amides is 1. The van der Waals surface area contributed by atoms with Crippen LogP contribution in [0.5, 0.6) is 0 Å². The van der Waals surface area contributed by atoms with Crippen LogP contribution in [0.15, 0.2) is 46.0 Å². The van der Waals surface area contributed by atoms with Crippen molar-refractivity contribution >= 4 is 11.9 Å². The first-order valence-corrected chi connectivity index (χ1v) is 8.10. The third-order valence-electron chi connectivity index (χ3n) is 3.87. The standard InChI is InChI=1S/C18H21N3O5/c1-20-14(11-16(23)21(2)18(20)25)12-26-17(24)8-9-19-15(22)10-13-6-4-3-5-7-13/h3-7,11H,8-10,12H2,1-2H3,(H,19,22). The molecular formula is C18H21N3O5. The molecule has 138 valence electrons. The van der Waals surface area contributed by atoms with Crippen LogP contribution in [0.3, 0.4) is 0 Å². The van der Waals surface area contributed by atoms with E-state index in [9.17, 15) is 19.2 Å². The SMILES string of the molecule is Cn1c(COC(=O)CCNC(=O)Cc2ccccc2)cc(=O)n(C)c1=O. The second-order valence-electron chi connectivity index (χ2n) is 5.80. The van der Waals surface area contributed by atoms with Gasteiger partial charge < -0.3 is 10.1 Å². The van der Waals surface area contributed by atoms with Gasteiger partial charge in [0.1, 0.15) is 6.61 Å². The summed E-state index contributed by atoms with van der Waals surface area (Å²) in [6.07, 6.45) is 0.241. The van der Waals surface area contributed by atoms with Crippen molar-refractivity contribution in [2.75, 3.05) is 6.54 Å². The van der Waals surface area contributed by atoms with Gasteiger partial charge in [-0.25, -0.2) is 4.79 Å². The van der Waals surface area contributed by atoms with E-state index in [1.54, 1.807) is 0 Å². The number of aromatic nitrogens is 2. The summed E-state index contributed by atoms with van der Waals surface area (Å²) in [5.74, 6) is -0.712. The lowest BCUT2D eigenvalue weighted by Crippen LogP contribution is -2.38. The van der Waals surface area contributed by atoms with Gasteiger partial charge in [0.25, 0.3) is 5.56 Å². The molecule has 1 amide bonds. The van der Waals surface area contributed by atoms with Gasteiger partial charge in [0.15, 0.2) is 0 Å². The molecule has 0 radical (unpaired) electrons. The average molecular weight is 359 g/mol. The summed E-state index contributed by atoms with van der Waals surface area (Å²) >= 11 is 0. The topological polar surface area (TPSA) is 99.4 Å². The highest BCUT2D eigenvalue weighted by atomic mass is 16.5. The molecule has 0 saturated carbocycles. The van der Waals surface area contributed by atoms with Gasteiger partial charge in [0.05, 0.1) is 18.5 Å². The molecule has 0 bridgehead atoms. The average Bonchev–Trinajstić information content (AvgIpc) is 2.62. The highest BCUT2D eigenvalue weighted by molar-refractivity contribution is 5.79. The van der Waals surface area contributed by atoms with E-state index >= 15 is 0 Å². The number of ether oxygens (including phenoxy) is 1. The first kappa shape index (κ1) is 19.2. The Hall–Kier alpha value is -3.16. The summed E-state index contributed by atoms with van der Waals surface area (Å²) < 4.78 is 7.27. The lowest BCUT2D eigenvalue weighted by molar-refractivity contribution is -0.145. The Kier molecular flexibility index (Phi) is 6.48. The second kappa shape index (κ2) is 8.80. The summed E-state index contributed by atoms with van der Waals surface area (Å²) in [5.41, 5.74) is 0.239. The minimum Gasteiger partial charge on any atom is -0.459 e. The van der Waals surface area contributed by atoms with Gasteiger partial charge in [0, 0.05) is 26.7 Å². The van der Waals surface area contributed by atoms with E-state index in [1.165, 1.54) is 24.7 Å². The zero-order valence-electron chi connectivity index (χ0n) is 14.7. The number of nitrogens with zero attached hydrogens (tertiary/aromatic N) is 2. The van der Waals surface area contributed by atoms with Gasteiger partial charge in [-0.2, -0.15) is 0 Å². The van der Waals surface area contributed by atoms with Crippen LogP contribution < -0.4 is 16.6 Å². The fraction of sp³-hybridized carbons (Fsp3) is 0.333. The summed E-state index contributed by atoms with van der Waals surface area (Å²) in [7, 11) is 2.87. The maximum atomic E-state index is 11.8. The van der Waals surface area contributed by atoms with E-state index in [4.69, 9.17) is 4.74 Å². The molecule has 0 spiro atoms. The molecule has 1 N–H and O–H groups in total. The summed E-state index contributed by atoms with van der Waals surface area (Å²) in [6.45, 7) is -0.0292. The highest BCUT2D eigenvalue weighted by Crippen LogP contribution is 2.00. The maximum Gasteiger partial charge on any atom is 0.330 e. The van der Waals surface area contributed by atoms with Crippen LogP contribution in [-0.2, 0) is 41.4 Å². The van der Waals surface area contributed by atoms with E-state index in [2.05, 4.69) is 5.32 Å². The fourth-order valence-corrected chi connectivity index (χ4v) is 2.29. The third-order valence-corrected chi connectivity index (χ3v) is 3.87. The van der Waals surface area contributed by atoms with Crippen LogP contribution >= 0.6 is 0 Å². The Bertz CT molecular complexity index is 899. The van der Waals surface area contributed by atoms with Crippen molar-refractivity contribution in [1.29, 1.82) is 0 Å². The molecule has 1 aromatic heterocycles. The van der Waals surface area contributed by atoms with E-state index in [1.807, 2.05) is 30.3 Å². The molecule has 8 nitrogen and oxygen atoms in total. The van der Waals surface area contributed by atoms with Crippen molar-refractivity contribution in [3.05, 3.63) is 68.5 Å². The van der Waals surface area contributed by atoms with Crippen molar-refractivity contribution in [2.24, 2.45) is 14.1 Å². The summed E-state index contributed by atoms with van der Waals surface area (Å²) in [4.78, 5) is 47.0. The number of rotatable bonds is 7. The molecule has 2 aromatic rings. The van der Waals surface area contributed by atoms with Crippen molar-refractivity contribution in [1.82, 2.24) is 14.5 Å². The largest absolute Gasteiger partial charge is 0.459 e. The van der Waals surface area contributed by atoms with E-state index in [0.29, 0.717) is 5.69 Å². The lowest BCUT2D eigenvalue weighted by atomic mass is 10.1. The molecule has 0 aliphatic heterocycles. The van der Waals surface area contributed by atoms with Crippen LogP contribution in [0, 0.1) is 0 Å². The van der Waals surface area contributed by atoms with Gasteiger partial charge in [-0.3, -0.25) is 23.5 Å².